The summed E-state index contributed by atoms with van der Waals surface area (Å²) in [4.78, 5) is 20.3. The van der Waals surface area contributed by atoms with Gasteiger partial charge in [-0.1, -0.05) is 32.0 Å². The van der Waals surface area contributed by atoms with E-state index in [4.69, 9.17) is 4.74 Å². The van der Waals surface area contributed by atoms with Crippen LogP contribution in [0.2, 0.25) is 0 Å². The van der Waals surface area contributed by atoms with Gasteiger partial charge >= 0.3 is 0 Å². The fraction of sp³-hybridized carbons (Fsp3) is 0.464. The highest BCUT2D eigenvalue weighted by molar-refractivity contribution is 5.87. The van der Waals surface area contributed by atoms with E-state index in [0.717, 1.165) is 16.5 Å². The molecule has 0 unspecified atom stereocenters. The summed E-state index contributed by atoms with van der Waals surface area (Å²) in [5.41, 5.74) is 2.34. The van der Waals surface area contributed by atoms with Gasteiger partial charge in [0.15, 0.2) is 0 Å². The number of fused-ring (bicyclic) bond motifs is 3. The second kappa shape index (κ2) is 9.81. The number of hydrogen-bond donors (Lipinski definition) is 1. The minimum absolute atomic E-state index is 0. The number of benzene rings is 2. The SMILES string of the molecule is CC(C)C(=O)N1[C@H](c2c(F)cc(OCCN3CC(CF)C3)cc2F)c2[nH]c3ccccc3c2C[C@H]1C.[HH]. The summed E-state index contributed by atoms with van der Waals surface area (Å²) in [5.74, 6) is -1.82. The highest BCUT2D eigenvalue weighted by Gasteiger charge is 2.41. The molecule has 2 aliphatic heterocycles. The van der Waals surface area contributed by atoms with Crippen molar-refractivity contribution in [1.82, 2.24) is 14.8 Å². The van der Waals surface area contributed by atoms with Crippen molar-refractivity contribution in [3.8, 4) is 5.75 Å². The molecule has 8 heteroatoms. The smallest absolute Gasteiger partial charge is 0.226 e. The lowest BCUT2D eigenvalue weighted by Crippen LogP contribution is -2.49. The number of nitrogens with zero attached hydrogens (tertiary/aromatic N) is 2. The Bertz CT molecular complexity index is 1250. The third-order valence-corrected chi connectivity index (χ3v) is 7.37. The third-order valence-electron chi connectivity index (χ3n) is 7.37. The van der Waals surface area contributed by atoms with Gasteiger partial charge in [-0.3, -0.25) is 14.1 Å². The van der Waals surface area contributed by atoms with Gasteiger partial charge in [0.1, 0.15) is 30.0 Å². The van der Waals surface area contributed by atoms with Crippen LogP contribution < -0.4 is 4.74 Å². The summed E-state index contributed by atoms with van der Waals surface area (Å²) >= 11 is 0. The first-order valence-electron chi connectivity index (χ1n) is 12.6. The first-order chi connectivity index (χ1) is 17.3. The van der Waals surface area contributed by atoms with Crippen molar-refractivity contribution in [1.29, 1.82) is 0 Å². The quantitative estimate of drug-likeness (QED) is 0.466. The summed E-state index contributed by atoms with van der Waals surface area (Å²) in [6, 6.07) is 9.00. The van der Waals surface area contributed by atoms with E-state index in [0.29, 0.717) is 31.7 Å². The molecule has 1 amide bonds. The Labute approximate surface area is 210 Å². The Morgan fingerprint density at radius 3 is 2.56 bits per heavy atom. The first kappa shape index (κ1) is 24.7. The van der Waals surface area contributed by atoms with Crippen molar-refractivity contribution in [3.63, 3.8) is 0 Å². The molecule has 2 aliphatic rings. The maximum Gasteiger partial charge on any atom is 0.226 e. The van der Waals surface area contributed by atoms with Crippen LogP contribution in [0.3, 0.4) is 0 Å². The molecule has 0 aliphatic carbocycles. The lowest BCUT2D eigenvalue weighted by Gasteiger charge is -2.42. The number of ether oxygens (including phenoxy) is 1. The highest BCUT2D eigenvalue weighted by atomic mass is 19.1. The molecule has 36 heavy (non-hydrogen) atoms. The maximum atomic E-state index is 15.6. The second-order valence-corrected chi connectivity index (χ2v) is 10.3. The van der Waals surface area contributed by atoms with E-state index in [1.54, 1.807) is 18.7 Å². The van der Waals surface area contributed by atoms with Crippen molar-refractivity contribution in [2.24, 2.45) is 11.8 Å². The Balaban J connectivity index is 0.00000320. The van der Waals surface area contributed by atoms with Crippen LogP contribution in [0.15, 0.2) is 36.4 Å². The van der Waals surface area contributed by atoms with Gasteiger partial charge in [-0.25, -0.2) is 8.78 Å². The van der Waals surface area contributed by atoms with Gasteiger partial charge in [0, 0.05) is 67.7 Å². The second-order valence-electron chi connectivity index (χ2n) is 10.3. The lowest BCUT2D eigenvalue weighted by atomic mass is 9.87. The number of hydrogen-bond acceptors (Lipinski definition) is 3. The van der Waals surface area contributed by atoms with Crippen molar-refractivity contribution >= 4 is 16.8 Å². The molecular formula is C28H34F3N3O2. The number of alkyl halides is 1. The van der Waals surface area contributed by atoms with E-state index in [-0.39, 0.29) is 49.8 Å². The summed E-state index contributed by atoms with van der Waals surface area (Å²) in [6.07, 6.45) is 0.596. The van der Waals surface area contributed by atoms with Gasteiger partial charge in [0.2, 0.25) is 5.91 Å². The maximum absolute atomic E-state index is 15.6. The zero-order chi connectivity index (χ0) is 25.6. The molecular weight excluding hydrogens is 467 g/mol. The molecule has 1 N–H and O–H groups in total. The fourth-order valence-corrected chi connectivity index (χ4v) is 5.54. The summed E-state index contributed by atoms with van der Waals surface area (Å²) in [7, 11) is 0. The topological polar surface area (TPSA) is 48.6 Å². The minimum atomic E-state index is -0.918. The number of likely N-dealkylation sites (tertiary alicyclic amines) is 1. The number of aromatic amines is 1. The van der Waals surface area contributed by atoms with Crippen LogP contribution in [-0.2, 0) is 11.2 Å². The van der Waals surface area contributed by atoms with Gasteiger partial charge in [-0.2, -0.15) is 0 Å². The number of aromatic nitrogens is 1. The Kier molecular flexibility index (Phi) is 6.72. The van der Waals surface area contributed by atoms with Crippen LogP contribution in [0.5, 0.6) is 5.75 Å². The van der Waals surface area contributed by atoms with Crippen LogP contribution in [-0.4, -0.2) is 59.6 Å². The molecule has 194 valence electrons. The van der Waals surface area contributed by atoms with Gasteiger partial charge in [-0.15, -0.1) is 0 Å². The van der Waals surface area contributed by atoms with E-state index in [1.165, 1.54) is 12.1 Å². The summed E-state index contributed by atoms with van der Waals surface area (Å²) < 4.78 is 49.5. The van der Waals surface area contributed by atoms with Crippen LogP contribution in [0, 0.1) is 23.5 Å². The third kappa shape index (κ3) is 4.36. The van der Waals surface area contributed by atoms with Gasteiger partial charge in [-0.05, 0) is 25.0 Å². The summed E-state index contributed by atoms with van der Waals surface area (Å²) in [6.45, 7) is 7.35. The molecule has 3 aromatic rings. The minimum Gasteiger partial charge on any atom is -0.492 e. The van der Waals surface area contributed by atoms with Crippen LogP contribution >= 0.6 is 0 Å². The number of halogens is 3. The molecule has 2 atom stereocenters. The predicted octanol–water partition coefficient (Wildman–Crippen LogP) is 5.49. The number of nitrogens with one attached hydrogen (secondary N) is 1. The Morgan fingerprint density at radius 2 is 1.89 bits per heavy atom. The molecule has 2 aromatic carbocycles. The number of amides is 1. The van der Waals surface area contributed by atoms with Crippen LogP contribution in [0.4, 0.5) is 13.2 Å². The van der Waals surface area contributed by atoms with Gasteiger partial charge in [0.25, 0.3) is 0 Å². The number of carbonyl (C=O) groups is 1. The van der Waals surface area contributed by atoms with Crippen molar-refractivity contribution < 1.29 is 24.1 Å². The van der Waals surface area contributed by atoms with E-state index < -0.39 is 17.7 Å². The normalized spacial score (nSPS) is 20.6. The number of carbonyl (C=O) groups excluding carboxylic acids is 1. The van der Waals surface area contributed by atoms with Crippen LogP contribution in [0.25, 0.3) is 10.9 Å². The monoisotopic (exact) mass is 501 g/mol. The number of para-hydroxylation sites is 1. The molecule has 5 rings (SSSR count). The van der Waals surface area contributed by atoms with E-state index in [1.807, 2.05) is 36.1 Å². The standard InChI is InChI=1S/C28H32F3N3O2.H2/c1-16(2)28(35)34-17(3)10-21-20-6-4-5-7-24(20)32-26(21)27(34)25-22(30)11-19(12-23(25)31)36-9-8-33-14-18(13-29)15-33;/h4-7,11-12,16-18,27,32H,8-10,13-15H2,1-3H3;1H/t17-,27-;/m1./s1. The Morgan fingerprint density at radius 1 is 1.19 bits per heavy atom. The highest BCUT2D eigenvalue weighted by Crippen LogP contribution is 2.43. The zero-order valence-electron chi connectivity index (χ0n) is 20.9. The average molecular weight is 502 g/mol. The summed E-state index contributed by atoms with van der Waals surface area (Å²) in [5, 5.41) is 1.00. The molecule has 0 saturated carbocycles. The Hall–Kier alpha value is -3.00. The van der Waals surface area contributed by atoms with Gasteiger partial charge < -0.3 is 14.6 Å². The van der Waals surface area contributed by atoms with Crippen molar-refractivity contribution in [2.75, 3.05) is 32.9 Å². The number of H-pyrrole nitrogens is 1. The van der Waals surface area contributed by atoms with E-state index in [2.05, 4.69) is 4.98 Å². The molecule has 1 fully saturated rings. The molecule has 0 spiro atoms. The predicted molar refractivity (Wildman–Crippen MR) is 135 cm³/mol. The zero-order valence-corrected chi connectivity index (χ0v) is 20.9. The van der Waals surface area contributed by atoms with Crippen molar-refractivity contribution in [2.45, 2.75) is 39.3 Å². The molecule has 3 heterocycles. The first-order valence-corrected chi connectivity index (χ1v) is 12.6. The van der Waals surface area contributed by atoms with E-state index >= 15 is 8.78 Å². The van der Waals surface area contributed by atoms with Gasteiger partial charge in [0.05, 0.1) is 12.2 Å². The molecule has 5 nitrogen and oxygen atoms in total. The van der Waals surface area contributed by atoms with E-state index in [9.17, 15) is 9.18 Å². The average Bonchev–Trinajstić information content (AvgIpc) is 3.18. The lowest BCUT2D eigenvalue weighted by molar-refractivity contribution is -0.139. The number of rotatable bonds is 7. The molecule has 1 saturated heterocycles. The molecule has 1 aromatic heterocycles. The van der Waals surface area contributed by atoms with Crippen LogP contribution in [0.1, 0.15) is 45.1 Å². The molecule has 0 bridgehead atoms. The largest absolute Gasteiger partial charge is 0.492 e. The molecule has 0 radical (unpaired) electrons. The van der Waals surface area contributed by atoms with Crippen molar-refractivity contribution in [3.05, 3.63) is 64.9 Å². The fourth-order valence-electron chi connectivity index (χ4n) is 5.54.